The van der Waals surface area contributed by atoms with E-state index in [4.69, 9.17) is 0 Å². The van der Waals surface area contributed by atoms with E-state index in [0.29, 0.717) is 10.8 Å². The van der Waals surface area contributed by atoms with E-state index in [-0.39, 0.29) is 17.8 Å². The summed E-state index contributed by atoms with van der Waals surface area (Å²) in [5, 5.41) is 10.5. The molecule has 0 saturated heterocycles. The van der Waals surface area contributed by atoms with E-state index < -0.39 is 4.92 Å². The van der Waals surface area contributed by atoms with Gasteiger partial charge < -0.3 is 4.79 Å². The average Bonchev–Trinajstić information content (AvgIpc) is 2.08. The van der Waals surface area contributed by atoms with Crippen molar-refractivity contribution in [1.82, 2.24) is 4.98 Å². The molecule has 0 unspecified atom stereocenters. The van der Waals surface area contributed by atoms with Crippen molar-refractivity contribution >= 4 is 27.9 Å². The smallest absolute Gasteiger partial charge is 0.292 e. The summed E-state index contributed by atoms with van der Waals surface area (Å²) >= 11 is 3.06. The molecule has 0 spiro atoms. The fourth-order valence-electron chi connectivity index (χ4n) is 0.851. The van der Waals surface area contributed by atoms with Crippen molar-refractivity contribution in [1.29, 1.82) is 0 Å². The molecule has 0 aliphatic rings. The molecule has 68 valence electrons. The van der Waals surface area contributed by atoms with Crippen molar-refractivity contribution < 1.29 is 9.72 Å². The average molecular weight is 245 g/mol. The summed E-state index contributed by atoms with van der Waals surface area (Å²) in [7, 11) is 0. The van der Waals surface area contributed by atoms with Crippen molar-refractivity contribution in [3.63, 3.8) is 0 Å². The summed E-state index contributed by atoms with van der Waals surface area (Å²) < 4.78 is 0.522. The highest BCUT2D eigenvalue weighted by atomic mass is 79.9. The molecule has 1 rings (SSSR count). The first-order chi connectivity index (χ1) is 6.15. The summed E-state index contributed by atoms with van der Waals surface area (Å²) in [4.78, 5) is 23.8. The molecule has 0 amide bonds. The number of nitro groups is 1. The Hall–Kier alpha value is -1.30. The first-order valence-electron chi connectivity index (χ1n) is 3.37. The normalized spacial score (nSPS) is 9.62. The Bertz CT molecular complexity index is 354. The molecule has 1 heterocycles. The third-order valence-electron chi connectivity index (χ3n) is 1.39. The lowest BCUT2D eigenvalue weighted by Gasteiger charge is -1.97. The van der Waals surface area contributed by atoms with Crippen LogP contribution >= 0.6 is 15.9 Å². The van der Waals surface area contributed by atoms with E-state index in [0.717, 1.165) is 0 Å². The monoisotopic (exact) mass is 244 g/mol. The van der Waals surface area contributed by atoms with E-state index in [1.165, 1.54) is 12.3 Å². The van der Waals surface area contributed by atoms with Gasteiger partial charge in [-0.25, -0.2) is 0 Å². The van der Waals surface area contributed by atoms with E-state index in [9.17, 15) is 14.9 Å². The van der Waals surface area contributed by atoms with Crippen molar-refractivity contribution in [2.75, 3.05) is 0 Å². The van der Waals surface area contributed by atoms with Gasteiger partial charge in [-0.1, -0.05) is 0 Å². The van der Waals surface area contributed by atoms with Crippen molar-refractivity contribution in [3.05, 3.63) is 32.5 Å². The standard InChI is InChI=1S/C7H5BrN2O3/c8-5-3-7(10(12)13)6(1-2-11)9-4-5/h2-4H,1H2. The minimum Gasteiger partial charge on any atom is -0.303 e. The molecule has 0 saturated carbocycles. The quantitative estimate of drug-likeness (QED) is 0.459. The number of carbonyl (C=O) groups excluding carboxylic acids is 1. The largest absolute Gasteiger partial charge is 0.303 e. The van der Waals surface area contributed by atoms with E-state index in [1.54, 1.807) is 0 Å². The molecule has 13 heavy (non-hydrogen) atoms. The third kappa shape index (κ3) is 2.32. The third-order valence-corrected chi connectivity index (χ3v) is 1.82. The van der Waals surface area contributed by atoms with Crippen LogP contribution in [0.2, 0.25) is 0 Å². The van der Waals surface area contributed by atoms with Crippen LogP contribution < -0.4 is 0 Å². The van der Waals surface area contributed by atoms with Crippen molar-refractivity contribution in [2.45, 2.75) is 6.42 Å². The number of aromatic nitrogens is 1. The summed E-state index contributed by atoms with van der Waals surface area (Å²) in [5.41, 5.74) is 0.0460. The lowest BCUT2D eigenvalue weighted by molar-refractivity contribution is -0.385. The van der Waals surface area contributed by atoms with Crippen LogP contribution in [-0.2, 0) is 11.2 Å². The molecule has 0 aromatic carbocycles. The predicted molar refractivity (Wildman–Crippen MR) is 48.4 cm³/mol. The molecule has 0 fully saturated rings. The summed E-state index contributed by atoms with van der Waals surface area (Å²) in [5.74, 6) is 0. The minimum absolute atomic E-state index is 0.0381. The molecule has 5 nitrogen and oxygen atoms in total. The Labute approximate surface area is 82.1 Å². The van der Waals surface area contributed by atoms with Crippen LogP contribution in [0.3, 0.4) is 0 Å². The maximum atomic E-state index is 10.5. The fraction of sp³-hybridized carbons (Fsp3) is 0.143. The van der Waals surface area contributed by atoms with Gasteiger partial charge in [-0.2, -0.15) is 0 Å². The van der Waals surface area contributed by atoms with Crippen LogP contribution in [0.5, 0.6) is 0 Å². The lowest BCUT2D eigenvalue weighted by atomic mass is 10.2. The number of halogens is 1. The second kappa shape index (κ2) is 4.08. The molecule has 1 aromatic heterocycles. The zero-order valence-electron chi connectivity index (χ0n) is 6.44. The first-order valence-corrected chi connectivity index (χ1v) is 4.17. The Balaban J connectivity index is 3.17. The number of pyridine rings is 1. The molecule has 0 radical (unpaired) electrons. The topological polar surface area (TPSA) is 73.1 Å². The van der Waals surface area contributed by atoms with Gasteiger partial charge in [0.05, 0.1) is 11.3 Å². The maximum absolute atomic E-state index is 10.5. The number of rotatable bonds is 3. The summed E-state index contributed by atoms with van der Waals surface area (Å²) in [6, 6.07) is 1.33. The molecule has 0 bridgehead atoms. The molecule has 0 atom stereocenters. The highest BCUT2D eigenvalue weighted by Crippen LogP contribution is 2.20. The van der Waals surface area contributed by atoms with Gasteiger partial charge in [-0.3, -0.25) is 15.1 Å². The number of hydrogen-bond donors (Lipinski definition) is 0. The second-order valence-corrected chi connectivity index (χ2v) is 3.16. The van der Waals surface area contributed by atoms with Crippen LogP contribution in [0, 0.1) is 10.1 Å². The highest BCUT2D eigenvalue weighted by Gasteiger charge is 2.14. The Morgan fingerprint density at radius 2 is 2.38 bits per heavy atom. The number of nitrogens with zero attached hydrogens (tertiary/aromatic N) is 2. The molecular formula is C7H5BrN2O3. The lowest BCUT2D eigenvalue weighted by Crippen LogP contribution is -1.99. The van der Waals surface area contributed by atoms with Crippen LogP contribution in [0.4, 0.5) is 5.69 Å². The van der Waals surface area contributed by atoms with Gasteiger partial charge in [0.2, 0.25) is 0 Å². The van der Waals surface area contributed by atoms with Gasteiger partial charge in [0.25, 0.3) is 5.69 Å². The van der Waals surface area contributed by atoms with Crippen LogP contribution in [0.25, 0.3) is 0 Å². The number of aldehydes is 1. The van der Waals surface area contributed by atoms with Crippen LogP contribution in [0.1, 0.15) is 5.69 Å². The van der Waals surface area contributed by atoms with Gasteiger partial charge in [0.15, 0.2) is 0 Å². The highest BCUT2D eigenvalue weighted by molar-refractivity contribution is 9.10. The predicted octanol–water partition coefficient (Wildman–Crippen LogP) is 1.49. The SMILES string of the molecule is O=CCc1ncc(Br)cc1[N+](=O)[O-]. The first kappa shape index (κ1) is 9.79. The molecule has 1 aromatic rings. The molecule has 0 aliphatic carbocycles. The Kier molecular flexibility index (Phi) is 3.07. The molecule has 0 aliphatic heterocycles. The summed E-state index contributed by atoms with van der Waals surface area (Å²) in [6.45, 7) is 0. The van der Waals surface area contributed by atoms with E-state index in [2.05, 4.69) is 20.9 Å². The van der Waals surface area contributed by atoms with Gasteiger partial charge in [-0.15, -0.1) is 0 Å². The Morgan fingerprint density at radius 3 is 2.92 bits per heavy atom. The van der Waals surface area contributed by atoms with E-state index in [1.807, 2.05) is 0 Å². The number of carbonyl (C=O) groups is 1. The van der Waals surface area contributed by atoms with Gasteiger partial charge in [0.1, 0.15) is 12.0 Å². The molecular weight excluding hydrogens is 240 g/mol. The van der Waals surface area contributed by atoms with E-state index >= 15 is 0 Å². The van der Waals surface area contributed by atoms with Gasteiger partial charge in [0, 0.05) is 16.7 Å². The van der Waals surface area contributed by atoms with Crippen LogP contribution in [0.15, 0.2) is 16.7 Å². The fourth-order valence-corrected chi connectivity index (χ4v) is 1.17. The maximum Gasteiger partial charge on any atom is 0.292 e. The van der Waals surface area contributed by atoms with Gasteiger partial charge >= 0.3 is 0 Å². The van der Waals surface area contributed by atoms with Crippen LogP contribution in [-0.4, -0.2) is 16.2 Å². The second-order valence-electron chi connectivity index (χ2n) is 2.25. The molecule has 6 heteroatoms. The van der Waals surface area contributed by atoms with Gasteiger partial charge in [-0.05, 0) is 15.9 Å². The number of hydrogen-bond acceptors (Lipinski definition) is 4. The van der Waals surface area contributed by atoms with Crippen molar-refractivity contribution in [2.24, 2.45) is 0 Å². The molecule has 0 N–H and O–H groups in total. The van der Waals surface area contributed by atoms with Crippen molar-refractivity contribution in [3.8, 4) is 0 Å². The zero-order valence-corrected chi connectivity index (χ0v) is 8.02. The zero-order chi connectivity index (χ0) is 9.84. The Morgan fingerprint density at radius 1 is 1.69 bits per heavy atom. The summed E-state index contributed by atoms with van der Waals surface area (Å²) in [6.07, 6.45) is 1.97. The minimum atomic E-state index is -0.559.